The normalized spacial score (nSPS) is 11.4. The van der Waals surface area contributed by atoms with Crippen LogP contribution in [0.3, 0.4) is 0 Å². The summed E-state index contributed by atoms with van der Waals surface area (Å²) >= 11 is 0. The van der Waals surface area contributed by atoms with Crippen molar-refractivity contribution < 1.29 is 9.53 Å². The zero-order valence-corrected chi connectivity index (χ0v) is 16.3. The minimum absolute atomic E-state index is 0.199. The van der Waals surface area contributed by atoms with Gasteiger partial charge < -0.3 is 4.74 Å². The van der Waals surface area contributed by atoms with Crippen molar-refractivity contribution in [2.24, 2.45) is 0 Å². The quantitative estimate of drug-likeness (QED) is 0.345. The molecule has 0 saturated carbocycles. The van der Waals surface area contributed by atoms with E-state index in [2.05, 4.69) is 31.0 Å². The zero-order valence-electron chi connectivity index (χ0n) is 16.3. The summed E-state index contributed by atoms with van der Waals surface area (Å²) in [6, 6.07) is 8.04. The van der Waals surface area contributed by atoms with E-state index in [1.807, 2.05) is 45.0 Å². The number of allylic oxidation sites excluding steroid dienone is 1. The lowest BCUT2D eigenvalue weighted by molar-refractivity contribution is -0.153. The predicted octanol–water partition coefficient (Wildman–Crippen LogP) is 4.87. The van der Waals surface area contributed by atoms with Crippen molar-refractivity contribution in [1.82, 2.24) is 4.90 Å². The second kappa shape index (κ2) is 10.2. The first kappa shape index (κ1) is 21.2. The molecule has 1 rings (SSSR count). The molecule has 0 unspecified atom stereocenters. The summed E-state index contributed by atoms with van der Waals surface area (Å²) in [5.41, 5.74) is 2.67. The molecule has 0 aliphatic rings. The Labute approximate surface area is 153 Å². The summed E-state index contributed by atoms with van der Waals surface area (Å²) in [5, 5.41) is 0. The van der Waals surface area contributed by atoms with Gasteiger partial charge in [-0.3, -0.25) is 9.69 Å². The van der Waals surface area contributed by atoms with Gasteiger partial charge in [0.2, 0.25) is 0 Å². The lowest BCUT2D eigenvalue weighted by atomic mass is 10.0. The van der Waals surface area contributed by atoms with E-state index in [9.17, 15) is 4.79 Å². The number of hydrogen-bond donors (Lipinski definition) is 0. The molecule has 0 aromatic heterocycles. The first-order valence-electron chi connectivity index (χ1n) is 9.07. The predicted molar refractivity (Wildman–Crippen MR) is 107 cm³/mol. The molecule has 25 heavy (non-hydrogen) atoms. The van der Waals surface area contributed by atoms with E-state index in [0.717, 1.165) is 49.2 Å². The van der Waals surface area contributed by atoms with E-state index in [1.54, 1.807) is 0 Å². The highest BCUT2D eigenvalue weighted by Crippen LogP contribution is 2.17. The minimum Gasteiger partial charge on any atom is -0.460 e. The molecule has 3 nitrogen and oxygen atoms in total. The molecule has 0 bridgehead atoms. The first-order valence-corrected chi connectivity index (χ1v) is 9.07. The third kappa shape index (κ3) is 8.69. The van der Waals surface area contributed by atoms with Crippen LogP contribution in [-0.2, 0) is 16.0 Å². The minimum atomic E-state index is -0.453. The largest absolute Gasteiger partial charge is 0.460 e. The molecule has 0 aliphatic carbocycles. The highest BCUT2D eigenvalue weighted by molar-refractivity contribution is 5.74. The third-order valence-electron chi connectivity index (χ3n) is 3.85. The lowest BCUT2D eigenvalue weighted by Crippen LogP contribution is -2.26. The van der Waals surface area contributed by atoms with Gasteiger partial charge in [-0.1, -0.05) is 43.8 Å². The fourth-order valence-electron chi connectivity index (χ4n) is 2.61. The zero-order chi connectivity index (χ0) is 18.9. The molecule has 1 aromatic rings. The van der Waals surface area contributed by atoms with E-state index in [0.29, 0.717) is 0 Å². The van der Waals surface area contributed by atoms with Crippen LogP contribution in [-0.4, -0.2) is 36.1 Å². The topological polar surface area (TPSA) is 29.5 Å². The molecule has 0 saturated heterocycles. The number of carbonyl (C=O) groups is 1. The van der Waals surface area contributed by atoms with Gasteiger partial charge in [0.25, 0.3) is 0 Å². The SMILES string of the molecule is C=CCCCN(CC)CC(=C)c1cccc(CC(=O)OC(C)(C)C)c1. The standard InChI is InChI=1S/C22H33NO2/c1-7-9-10-14-23(8-2)17-18(3)20-13-11-12-19(15-20)16-21(24)25-22(4,5)6/h7,11-13,15H,1,3,8-10,14,16-17H2,2,4-6H3. The third-order valence-corrected chi connectivity index (χ3v) is 3.85. The lowest BCUT2D eigenvalue weighted by Gasteiger charge is -2.22. The van der Waals surface area contributed by atoms with Crippen LogP contribution in [0, 0.1) is 0 Å². The number of carbonyl (C=O) groups excluding carboxylic acids is 1. The summed E-state index contributed by atoms with van der Waals surface area (Å²) in [5.74, 6) is -0.199. The van der Waals surface area contributed by atoms with Gasteiger partial charge in [-0.25, -0.2) is 0 Å². The van der Waals surface area contributed by atoms with Gasteiger partial charge in [0.15, 0.2) is 0 Å². The Bertz CT molecular complexity index is 584. The van der Waals surface area contributed by atoms with Gasteiger partial charge in [0, 0.05) is 6.54 Å². The van der Waals surface area contributed by atoms with E-state index in [-0.39, 0.29) is 12.4 Å². The van der Waals surface area contributed by atoms with Crippen molar-refractivity contribution in [1.29, 1.82) is 0 Å². The maximum absolute atomic E-state index is 12.0. The second-order valence-corrected chi connectivity index (χ2v) is 7.37. The van der Waals surface area contributed by atoms with Crippen LogP contribution in [0.15, 0.2) is 43.5 Å². The first-order chi connectivity index (χ1) is 11.7. The molecule has 1 aromatic carbocycles. The van der Waals surface area contributed by atoms with Crippen LogP contribution in [0.1, 0.15) is 51.7 Å². The number of nitrogens with zero attached hydrogens (tertiary/aromatic N) is 1. The van der Waals surface area contributed by atoms with Gasteiger partial charge in [0.1, 0.15) is 5.60 Å². The van der Waals surface area contributed by atoms with E-state index < -0.39 is 5.60 Å². The molecule has 0 aliphatic heterocycles. The smallest absolute Gasteiger partial charge is 0.310 e. The summed E-state index contributed by atoms with van der Waals surface area (Å²) in [6.07, 6.45) is 4.40. The summed E-state index contributed by atoms with van der Waals surface area (Å²) in [6.45, 7) is 18.7. The average molecular weight is 344 g/mol. The van der Waals surface area contributed by atoms with Crippen molar-refractivity contribution in [2.75, 3.05) is 19.6 Å². The Morgan fingerprint density at radius 3 is 2.64 bits per heavy atom. The highest BCUT2D eigenvalue weighted by Gasteiger charge is 2.16. The van der Waals surface area contributed by atoms with Crippen LogP contribution in [0.25, 0.3) is 5.57 Å². The summed E-state index contributed by atoms with van der Waals surface area (Å²) in [4.78, 5) is 14.4. The average Bonchev–Trinajstić information content (AvgIpc) is 2.52. The van der Waals surface area contributed by atoms with Crippen molar-refractivity contribution in [2.45, 2.75) is 52.6 Å². The summed E-state index contributed by atoms with van der Waals surface area (Å²) in [7, 11) is 0. The Balaban J connectivity index is 2.67. The van der Waals surface area contributed by atoms with Crippen LogP contribution in [0.4, 0.5) is 0 Å². The number of likely N-dealkylation sites (N-methyl/N-ethyl adjacent to an activating group) is 1. The van der Waals surface area contributed by atoms with Gasteiger partial charge in [-0.2, -0.15) is 0 Å². The maximum atomic E-state index is 12.0. The number of esters is 1. The van der Waals surface area contributed by atoms with Crippen LogP contribution >= 0.6 is 0 Å². The molecular formula is C22H33NO2. The van der Waals surface area contributed by atoms with Crippen molar-refractivity contribution in [3.05, 3.63) is 54.6 Å². The van der Waals surface area contributed by atoms with E-state index in [4.69, 9.17) is 4.74 Å². The molecule has 0 atom stereocenters. The fourth-order valence-corrected chi connectivity index (χ4v) is 2.61. The number of rotatable bonds is 10. The van der Waals surface area contributed by atoms with Gasteiger partial charge in [-0.15, -0.1) is 6.58 Å². The molecule has 0 amide bonds. The second-order valence-electron chi connectivity index (χ2n) is 7.37. The Morgan fingerprint density at radius 2 is 2.04 bits per heavy atom. The molecule has 0 N–H and O–H groups in total. The molecule has 0 radical (unpaired) electrons. The van der Waals surface area contributed by atoms with E-state index >= 15 is 0 Å². The monoisotopic (exact) mass is 343 g/mol. The highest BCUT2D eigenvalue weighted by atomic mass is 16.6. The number of ether oxygens (including phenoxy) is 1. The molecule has 0 spiro atoms. The van der Waals surface area contributed by atoms with Gasteiger partial charge in [-0.05, 0) is 63.4 Å². The Kier molecular flexibility index (Phi) is 8.64. The van der Waals surface area contributed by atoms with Crippen molar-refractivity contribution in [3.8, 4) is 0 Å². The summed E-state index contributed by atoms with van der Waals surface area (Å²) < 4.78 is 5.40. The fraction of sp³-hybridized carbons (Fsp3) is 0.500. The van der Waals surface area contributed by atoms with Crippen LogP contribution < -0.4 is 0 Å². The Hall–Kier alpha value is -1.87. The van der Waals surface area contributed by atoms with Crippen molar-refractivity contribution in [3.63, 3.8) is 0 Å². The number of unbranched alkanes of at least 4 members (excludes halogenated alkanes) is 1. The number of hydrogen-bond acceptors (Lipinski definition) is 3. The van der Waals surface area contributed by atoms with Crippen LogP contribution in [0.2, 0.25) is 0 Å². The molecule has 138 valence electrons. The van der Waals surface area contributed by atoms with Crippen molar-refractivity contribution >= 4 is 11.5 Å². The Morgan fingerprint density at radius 1 is 1.32 bits per heavy atom. The molecule has 0 fully saturated rings. The number of benzene rings is 1. The van der Waals surface area contributed by atoms with Gasteiger partial charge >= 0.3 is 5.97 Å². The van der Waals surface area contributed by atoms with Crippen LogP contribution in [0.5, 0.6) is 0 Å². The molecule has 0 heterocycles. The van der Waals surface area contributed by atoms with Gasteiger partial charge in [0.05, 0.1) is 6.42 Å². The van der Waals surface area contributed by atoms with E-state index in [1.165, 1.54) is 0 Å². The maximum Gasteiger partial charge on any atom is 0.310 e. The molecular weight excluding hydrogens is 310 g/mol. The molecule has 3 heteroatoms.